The summed E-state index contributed by atoms with van der Waals surface area (Å²) in [7, 11) is 0. The van der Waals surface area contributed by atoms with Gasteiger partial charge in [0.1, 0.15) is 0 Å². The van der Waals surface area contributed by atoms with E-state index in [1.54, 1.807) is 0 Å². The Bertz CT molecular complexity index is 213. The first-order valence-corrected chi connectivity index (χ1v) is 6.97. The Morgan fingerprint density at radius 2 is 1.71 bits per heavy atom. The Morgan fingerprint density at radius 1 is 1.06 bits per heavy atom. The molecule has 1 rings (SSSR count). The summed E-state index contributed by atoms with van der Waals surface area (Å²) < 4.78 is 0. The van der Waals surface area contributed by atoms with Crippen molar-refractivity contribution in [3.8, 4) is 0 Å². The van der Waals surface area contributed by atoms with Crippen LogP contribution in [0.4, 0.5) is 0 Å². The molecule has 0 bridgehead atoms. The fourth-order valence-electron chi connectivity index (χ4n) is 2.14. The third-order valence-corrected chi connectivity index (χ3v) is 3.46. The number of nitrogens with one attached hydrogen (secondary N) is 1. The minimum atomic E-state index is 0.168. The van der Waals surface area contributed by atoms with E-state index in [1.165, 1.54) is 45.7 Å². The topological polar surface area (TPSA) is 35.6 Å². The molecular weight excluding hydrogens is 214 g/mol. The molecule has 1 saturated heterocycles. The van der Waals surface area contributed by atoms with Gasteiger partial charge < -0.3 is 15.1 Å². The molecule has 0 atom stereocenters. The highest BCUT2D eigenvalue weighted by Crippen LogP contribution is 2.02. The standard InChI is InChI=1S/C13H27N3O/c1-3-13(17)14-7-5-6-8-16-11-9-15(4-2)10-12-16/h3-12H2,1-2H3,(H,14,17). The Kier molecular flexibility index (Phi) is 7.21. The molecule has 0 aromatic carbocycles. The molecule has 0 aromatic heterocycles. The molecule has 0 spiro atoms. The van der Waals surface area contributed by atoms with E-state index in [0.29, 0.717) is 6.42 Å². The van der Waals surface area contributed by atoms with E-state index in [-0.39, 0.29) is 5.91 Å². The van der Waals surface area contributed by atoms with Crippen LogP contribution in [0.3, 0.4) is 0 Å². The van der Waals surface area contributed by atoms with Crippen LogP contribution in [0.25, 0.3) is 0 Å². The predicted octanol–water partition coefficient (Wildman–Crippen LogP) is 0.930. The van der Waals surface area contributed by atoms with Crippen LogP contribution < -0.4 is 5.32 Å². The van der Waals surface area contributed by atoms with Crippen molar-refractivity contribution < 1.29 is 4.79 Å². The molecule has 0 radical (unpaired) electrons. The van der Waals surface area contributed by atoms with Gasteiger partial charge in [0.2, 0.25) is 5.91 Å². The van der Waals surface area contributed by atoms with Crippen LogP contribution in [0.2, 0.25) is 0 Å². The smallest absolute Gasteiger partial charge is 0.219 e. The number of carbonyl (C=O) groups is 1. The third-order valence-electron chi connectivity index (χ3n) is 3.46. The highest BCUT2D eigenvalue weighted by molar-refractivity contribution is 5.75. The lowest BCUT2D eigenvalue weighted by molar-refractivity contribution is -0.120. The third kappa shape index (κ3) is 6.03. The average Bonchev–Trinajstić information content (AvgIpc) is 2.38. The summed E-state index contributed by atoms with van der Waals surface area (Å²) >= 11 is 0. The molecule has 17 heavy (non-hydrogen) atoms. The fraction of sp³-hybridized carbons (Fsp3) is 0.923. The van der Waals surface area contributed by atoms with E-state index in [0.717, 1.165) is 13.0 Å². The number of likely N-dealkylation sites (N-methyl/N-ethyl adjacent to an activating group) is 1. The van der Waals surface area contributed by atoms with E-state index < -0.39 is 0 Å². The van der Waals surface area contributed by atoms with E-state index in [2.05, 4.69) is 22.0 Å². The second kappa shape index (κ2) is 8.48. The molecular formula is C13H27N3O. The second-order valence-corrected chi connectivity index (χ2v) is 4.69. The Hall–Kier alpha value is -0.610. The number of hydrogen-bond acceptors (Lipinski definition) is 3. The number of hydrogen-bond donors (Lipinski definition) is 1. The van der Waals surface area contributed by atoms with Crippen LogP contribution in [0.1, 0.15) is 33.1 Å². The quantitative estimate of drug-likeness (QED) is 0.674. The molecule has 0 aromatic rings. The summed E-state index contributed by atoms with van der Waals surface area (Å²) in [5.74, 6) is 0.168. The number of carbonyl (C=O) groups excluding carboxylic acids is 1. The summed E-state index contributed by atoms with van der Waals surface area (Å²) in [5.41, 5.74) is 0. The van der Waals surface area contributed by atoms with Gasteiger partial charge in [-0.15, -0.1) is 0 Å². The number of nitrogens with zero attached hydrogens (tertiary/aromatic N) is 2. The first-order chi connectivity index (χ1) is 8.26. The van der Waals surface area contributed by atoms with Crippen molar-refractivity contribution in [1.82, 2.24) is 15.1 Å². The van der Waals surface area contributed by atoms with Crippen molar-refractivity contribution in [2.24, 2.45) is 0 Å². The molecule has 1 amide bonds. The van der Waals surface area contributed by atoms with Gasteiger partial charge in [-0.05, 0) is 25.9 Å². The Labute approximate surface area is 105 Å². The van der Waals surface area contributed by atoms with Gasteiger partial charge in [-0.1, -0.05) is 13.8 Å². The van der Waals surface area contributed by atoms with Gasteiger partial charge in [-0.25, -0.2) is 0 Å². The molecule has 4 nitrogen and oxygen atoms in total. The molecule has 4 heteroatoms. The van der Waals surface area contributed by atoms with Crippen molar-refractivity contribution in [2.45, 2.75) is 33.1 Å². The van der Waals surface area contributed by atoms with E-state index in [1.807, 2.05) is 6.92 Å². The number of unbranched alkanes of at least 4 members (excludes halogenated alkanes) is 1. The molecule has 1 aliphatic rings. The van der Waals surface area contributed by atoms with Gasteiger partial charge in [0.15, 0.2) is 0 Å². The maximum Gasteiger partial charge on any atom is 0.219 e. The van der Waals surface area contributed by atoms with Crippen LogP contribution in [0, 0.1) is 0 Å². The first-order valence-electron chi connectivity index (χ1n) is 6.97. The van der Waals surface area contributed by atoms with Crippen LogP contribution in [-0.2, 0) is 4.79 Å². The van der Waals surface area contributed by atoms with Crippen LogP contribution in [-0.4, -0.2) is 61.5 Å². The first kappa shape index (κ1) is 14.5. The SMILES string of the molecule is CCC(=O)NCCCCN1CCN(CC)CC1. The minimum Gasteiger partial charge on any atom is -0.356 e. The van der Waals surface area contributed by atoms with Crippen LogP contribution in [0.5, 0.6) is 0 Å². The molecule has 100 valence electrons. The highest BCUT2D eigenvalue weighted by Gasteiger charge is 2.14. The maximum atomic E-state index is 11.0. The number of piperazine rings is 1. The van der Waals surface area contributed by atoms with Crippen molar-refractivity contribution >= 4 is 5.91 Å². The average molecular weight is 241 g/mol. The largest absolute Gasteiger partial charge is 0.356 e. The zero-order valence-corrected chi connectivity index (χ0v) is 11.4. The second-order valence-electron chi connectivity index (χ2n) is 4.69. The molecule has 1 N–H and O–H groups in total. The molecule has 1 fully saturated rings. The number of rotatable bonds is 7. The molecule has 1 heterocycles. The maximum absolute atomic E-state index is 11.0. The summed E-state index contributed by atoms with van der Waals surface area (Å²) in [4.78, 5) is 16.1. The van der Waals surface area contributed by atoms with Gasteiger partial charge in [-0.2, -0.15) is 0 Å². The minimum absolute atomic E-state index is 0.168. The van der Waals surface area contributed by atoms with Crippen LogP contribution >= 0.6 is 0 Å². The van der Waals surface area contributed by atoms with Crippen molar-refractivity contribution in [1.29, 1.82) is 0 Å². The van der Waals surface area contributed by atoms with Gasteiger partial charge >= 0.3 is 0 Å². The summed E-state index contributed by atoms with van der Waals surface area (Å²) in [5, 5.41) is 2.92. The lowest BCUT2D eigenvalue weighted by Crippen LogP contribution is -2.46. The van der Waals surface area contributed by atoms with E-state index in [4.69, 9.17) is 0 Å². The van der Waals surface area contributed by atoms with Crippen LogP contribution in [0.15, 0.2) is 0 Å². The summed E-state index contributed by atoms with van der Waals surface area (Å²) in [6.07, 6.45) is 2.88. The normalized spacial score (nSPS) is 18.2. The molecule has 0 saturated carbocycles. The molecule has 0 unspecified atom stereocenters. The van der Waals surface area contributed by atoms with Gasteiger partial charge in [0, 0.05) is 39.1 Å². The zero-order chi connectivity index (χ0) is 12.5. The molecule has 0 aliphatic carbocycles. The van der Waals surface area contributed by atoms with Crippen molar-refractivity contribution in [2.75, 3.05) is 45.8 Å². The van der Waals surface area contributed by atoms with Gasteiger partial charge in [0.05, 0.1) is 0 Å². The van der Waals surface area contributed by atoms with E-state index >= 15 is 0 Å². The lowest BCUT2D eigenvalue weighted by atomic mass is 10.2. The fourth-order valence-corrected chi connectivity index (χ4v) is 2.14. The summed E-state index contributed by atoms with van der Waals surface area (Å²) in [6, 6.07) is 0. The van der Waals surface area contributed by atoms with Gasteiger partial charge in [-0.3, -0.25) is 4.79 Å². The Morgan fingerprint density at radius 3 is 2.29 bits per heavy atom. The number of amides is 1. The summed E-state index contributed by atoms with van der Waals surface area (Å²) in [6.45, 7) is 12.1. The lowest BCUT2D eigenvalue weighted by Gasteiger charge is -2.33. The van der Waals surface area contributed by atoms with E-state index in [9.17, 15) is 4.79 Å². The monoisotopic (exact) mass is 241 g/mol. The zero-order valence-electron chi connectivity index (χ0n) is 11.4. The van der Waals surface area contributed by atoms with Crippen molar-refractivity contribution in [3.63, 3.8) is 0 Å². The highest BCUT2D eigenvalue weighted by atomic mass is 16.1. The Balaban J connectivity index is 1.95. The predicted molar refractivity (Wildman–Crippen MR) is 71.1 cm³/mol. The van der Waals surface area contributed by atoms with Crippen molar-refractivity contribution in [3.05, 3.63) is 0 Å². The van der Waals surface area contributed by atoms with Gasteiger partial charge in [0.25, 0.3) is 0 Å². The molecule has 1 aliphatic heterocycles.